The molecule has 0 saturated carbocycles. The van der Waals surface area contributed by atoms with Gasteiger partial charge >= 0.3 is 0 Å². The summed E-state index contributed by atoms with van der Waals surface area (Å²) >= 11 is 4.91. The summed E-state index contributed by atoms with van der Waals surface area (Å²) in [6, 6.07) is 25.5. The quantitative estimate of drug-likeness (QED) is 0.555. The number of amides is 1. The predicted molar refractivity (Wildman–Crippen MR) is 117 cm³/mol. The number of carbonyl (C=O) groups excluding carboxylic acids is 1. The maximum absolute atomic E-state index is 11.9. The van der Waals surface area contributed by atoms with Gasteiger partial charge in [-0.1, -0.05) is 66.7 Å². The summed E-state index contributed by atoms with van der Waals surface area (Å²) in [4.78, 5) is 11.9. The van der Waals surface area contributed by atoms with Gasteiger partial charge in [-0.3, -0.25) is 10.1 Å². The van der Waals surface area contributed by atoms with Crippen molar-refractivity contribution in [3.63, 3.8) is 0 Å². The monoisotopic (exact) mass is 419 g/mol. The van der Waals surface area contributed by atoms with Gasteiger partial charge in [0.15, 0.2) is 17.6 Å². The van der Waals surface area contributed by atoms with Crippen LogP contribution in [0.1, 0.15) is 16.7 Å². The van der Waals surface area contributed by atoms with Crippen LogP contribution in [0.4, 0.5) is 0 Å². The molecular formula is C24H21NO4S. The molecule has 1 amide bonds. The van der Waals surface area contributed by atoms with Gasteiger partial charge in [0.2, 0.25) is 0 Å². The van der Waals surface area contributed by atoms with Crippen LogP contribution in [0.3, 0.4) is 0 Å². The van der Waals surface area contributed by atoms with E-state index in [1.807, 2.05) is 78.9 Å². The molecule has 1 aliphatic heterocycles. The number of benzene rings is 3. The van der Waals surface area contributed by atoms with Crippen molar-refractivity contribution in [2.45, 2.75) is 25.7 Å². The molecule has 0 aromatic heterocycles. The molecule has 3 aromatic carbocycles. The Balaban J connectivity index is 1.51. The van der Waals surface area contributed by atoms with Crippen LogP contribution in [0.25, 0.3) is 0 Å². The van der Waals surface area contributed by atoms with Crippen molar-refractivity contribution in [1.29, 1.82) is 0 Å². The Morgan fingerprint density at radius 1 is 0.800 bits per heavy atom. The molecule has 1 aliphatic rings. The van der Waals surface area contributed by atoms with Gasteiger partial charge < -0.3 is 14.2 Å². The van der Waals surface area contributed by atoms with Crippen molar-refractivity contribution in [3.05, 3.63) is 95.6 Å². The molecule has 1 saturated heterocycles. The first kappa shape index (κ1) is 19.9. The summed E-state index contributed by atoms with van der Waals surface area (Å²) < 4.78 is 17.5. The summed E-state index contributed by atoms with van der Waals surface area (Å²) in [5, 5.41) is 2.63. The van der Waals surface area contributed by atoms with Crippen LogP contribution in [-0.2, 0) is 29.2 Å². The second-order valence-electron chi connectivity index (χ2n) is 6.92. The Morgan fingerprint density at radius 3 is 1.97 bits per heavy atom. The molecule has 0 radical (unpaired) electrons. The average molecular weight is 420 g/mol. The molecule has 3 aromatic rings. The van der Waals surface area contributed by atoms with E-state index in [0.29, 0.717) is 31.1 Å². The summed E-state index contributed by atoms with van der Waals surface area (Å²) in [6.07, 6.45) is -0.234. The lowest BCUT2D eigenvalue weighted by molar-refractivity contribution is -0.123. The van der Waals surface area contributed by atoms with Gasteiger partial charge in [0.05, 0.1) is 0 Å². The predicted octanol–water partition coefficient (Wildman–Crippen LogP) is 4.19. The van der Waals surface area contributed by atoms with Crippen LogP contribution >= 0.6 is 12.2 Å². The average Bonchev–Trinajstić information content (AvgIpc) is 3.09. The van der Waals surface area contributed by atoms with Gasteiger partial charge in [-0.25, -0.2) is 0 Å². The van der Waals surface area contributed by atoms with E-state index in [4.69, 9.17) is 26.4 Å². The SMILES string of the molecule is O=C1NC(=S)OC1Cc1ccc(OCc2ccccc2)c(OCc2ccccc2)c1. The third-order valence-electron chi connectivity index (χ3n) is 4.67. The second-order valence-corrected chi connectivity index (χ2v) is 7.29. The van der Waals surface area contributed by atoms with Crippen LogP contribution in [0, 0.1) is 0 Å². The number of rotatable bonds is 8. The summed E-state index contributed by atoms with van der Waals surface area (Å²) in [5.74, 6) is 1.04. The van der Waals surface area contributed by atoms with Gasteiger partial charge in [-0.05, 0) is 41.0 Å². The molecule has 1 atom stereocenters. The first-order valence-corrected chi connectivity index (χ1v) is 10.1. The number of nitrogens with one attached hydrogen (secondary N) is 1. The van der Waals surface area contributed by atoms with Crippen molar-refractivity contribution in [2.75, 3.05) is 0 Å². The molecule has 152 valence electrons. The zero-order valence-electron chi connectivity index (χ0n) is 16.2. The van der Waals surface area contributed by atoms with Crippen LogP contribution in [-0.4, -0.2) is 17.2 Å². The van der Waals surface area contributed by atoms with Crippen molar-refractivity contribution in [2.24, 2.45) is 0 Å². The minimum atomic E-state index is -0.629. The minimum absolute atomic E-state index is 0.119. The molecule has 0 spiro atoms. The van der Waals surface area contributed by atoms with E-state index >= 15 is 0 Å². The molecule has 1 N–H and O–H groups in total. The fourth-order valence-electron chi connectivity index (χ4n) is 3.12. The lowest BCUT2D eigenvalue weighted by atomic mass is 10.1. The van der Waals surface area contributed by atoms with Crippen LogP contribution in [0.15, 0.2) is 78.9 Å². The molecule has 1 fully saturated rings. The van der Waals surface area contributed by atoms with Crippen molar-refractivity contribution in [1.82, 2.24) is 5.32 Å². The number of carbonyl (C=O) groups is 1. The Labute approximate surface area is 180 Å². The summed E-state index contributed by atoms with van der Waals surface area (Å²) in [6.45, 7) is 0.848. The highest BCUT2D eigenvalue weighted by molar-refractivity contribution is 7.80. The molecule has 4 rings (SSSR count). The molecule has 0 bridgehead atoms. The first-order chi connectivity index (χ1) is 14.7. The van der Waals surface area contributed by atoms with E-state index in [1.165, 1.54) is 0 Å². The van der Waals surface area contributed by atoms with Gasteiger partial charge in [0.1, 0.15) is 13.2 Å². The molecule has 1 heterocycles. The van der Waals surface area contributed by atoms with Crippen LogP contribution in [0.2, 0.25) is 0 Å². The van der Waals surface area contributed by atoms with E-state index < -0.39 is 6.10 Å². The van der Waals surface area contributed by atoms with Crippen LogP contribution < -0.4 is 14.8 Å². The van der Waals surface area contributed by atoms with E-state index in [1.54, 1.807) is 0 Å². The Morgan fingerprint density at radius 2 is 1.40 bits per heavy atom. The van der Waals surface area contributed by atoms with Gasteiger partial charge in [0, 0.05) is 6.42 Å². The molecule has 1 unspecified atom stereocenters. The second kappa shape index (κ2) is 9.41. The van der Waals surface area contributed by atoms with Crippen molar-refractivity contribution in [3.8, 4) is 11.5 Å². The Bertz CT molecular complexity index is 1020. The largest absolute Gasteiger partial charge is 0.485 e. The smallest absolute Gasteiger partial charge is 0.268 e. The molecule has 5 nitrogen and oxygen atoms in total. The number of thiocarbonyl (C=S) groups is 1. The number of ether oxygens (including phenoxy) is 3. The van der Waals surface area contributed by atoms with Gasteiger partial charge in [0.25, 0.3) is 11.1 Å². The molecular weight excluding hydrogens is 398 g/mol. The maximum atomic E-state index is 11.9. The van der Waals surface area contributed by atoms with E-state index in [-0.39, 0.29) is 11.1 Å². The highest BCUT2D eigenvalue weighted by atomic mass is 32.1. The lowest BCUT2D eigenvalue weighted by Gasteiger charge is -2.15. The van der Waals surface area contributed by atoms with Crippen molar-refractivity contribution >= 4 is 23.3 Å². The zero-order valence-corrected chi connectivity index (χ0v) is 17.1. The molecule has 0 aliphatic carbocycles. The fourth-order valence-corrected chi connectivity index (χ4v) is 3.34. The third kappa shape index (κ3) is 5.15. The van der Waals surface area contributed by atoms with E-state index in [0.717, 1.165) is 16.7 Å². The normalized spacial score (nSPS) is 15.4. The number of hydrogen-bond donors (Lipinski definition) is 1. The Kier molecular flexibility index (Phi) is 6.25. The topological polar surface area (TPSA) is 56.8 Å². The standard InChI is InChI=1S/C24H21NO4S/c26-23-22(29-24(30)25-23)14-19-11-12-20(27-15-17-7-3-1-4-8-17)21(13-19)28-16-18-9-5-2-6-10-18/h1-13,22H,14-16H2,(H,25,26,30). The molecule has 6 heteroatoms. The highest BCUT2D eigenvalue weighted by Crippen LogP contribution is 2.31. The number of hydrogen-bond acceptors (Lipinski definition) is 5. The fraction of sp³-hybridized carbons (Fsp3) is 0.167. The highest BCUT2D eigenvalue weighted by Gasteiger charge is 2.30. The summed E-state index contributed by atoms with van der Waals surface area (Å²) in [7, 11) is 0. The third-order valence-corrected chi connectivity index (χ3v) is 4.87. The minimum Gasteiger partial charge on any atom is -0.485 e. The zero-order chi connectivity index (χ0) is 20.8. The van der Waals surface area contributed by atoms with Gasteiger partial charge in [-0.2, -0.15) is 0 Å². The molecule has 30 heavy (non-hydrogen) atoms. The van der Waals surface area contributed by atoms with Gasteiger partial charge in [-0.15, -0.1) is 0 Å². The lowest BCUT2D eigenvalue weighted by Crippen LogP contribution is -2.25. The van der Waals surface area contributed by atoms with E-state index in [2.05, 4.69) is 5.32 Å². The van der Waals surface area contributed by atoms with Crippen molar-refractivity contribution < 1.29 is 19.0 Å². The van der Waals surface area contributed by atoms with Crippen LogP contribution in [0.5, 0.6) is 11.5 Å². The Hall–Kier alpha value is -3.38. The van der Waals surface area contributed by atoms with E-state index in [9.17, 15) is 4.79 Å². The summed E-state index contributed by atoms with van der Waals surface area (Å²) in [5.41, 5.74) is 3.02. The first-order valence-electron chi connectivity index (χ1n) is 9.65. The maximum Gasteiger partial charge on any atom is 0.268 e.